The predicted octanol–water partition coefficient (Wildman–Crippen LogP) is -0.571. The first-order chi connectivity index (χ1) is 7.37. The van der Waals surface area contributed by atoms with Gasteiger partial charge in [-0.25, -0.2) is 13.4 Å². The molecule has 0 saturated heterocycles. The second-order valence-electron chi connectivity index (χ2n) is 3.33. The third-order valence-electron chi connectivity index (χ3n) is 1.71. The Hall–Kier alpha value is -1.15. The van der Waals surface area contributed by atoms with Crippen LogP contribution in [0.25, 0.3) is 0 Å². The lowest BCUT2D eigenvalue weighted by Crippen LogP contribution is -2.30. The Morgan fingerprint density at radius 2 is 2.31 bits per heavy atom. The van der Waals surface area contributed by atoms with Crippen molar-refractivity contribution in [3.05, 3.63) is 11.1 Å². The van der Waals surface area contributed by atoms with Crippen LogP contribution in [-0.4, -0.2) is 37.9 Å². The highest BCUT2D eigenvalue weighted by Crippen LogP contribution is 2.10. The summed E-state index contributed by atoms with van der Waals surface area (Å²) in [6.07, 6.45) is 1.25. The molecule has 0 aliphatic rings. The molecule has 1 aromatic heterocycles. The number of carbonyl (C=O) groups excluding carboxylic acids is 1. The van der Waals surface area contributed by atoms with E-state index in [9.17, 15) is 13.2 Å². The van der Waals surface area contributed by atoms with Gasteiger partial charge in [0.25, 0.3) is 0 Å². The van der Waals surface area contributed by atoms with Crippen molar-refractivity contribution in [2.75, 3.05) is 24.3 Å². The summed E-state index contributed by atoms with van der Waals surface area (Å²) in [5.41, 5.74) is 6.00. The number of thiazole rings is 1. The van der Waals surface area contributed by atoms with Gasteiger partial charge >= 0.3 is 0 Å². The first-order valence-electron chi connectivity index (χ1n) is 4.51. The second-order valence-corrected chi connectivity index (χ2v) is 6.48. The van der Waals surface area contributed by atoms with Gasteiger partial charge in [-0.3, -0.25) is 4.79 Å². The quantitative estimate of drug-likeness (QED) is 0.740. The Balaban J connectivity index is 2.32. The average Bonchev–Trinajstić information content (AvgIpc) is 2.48. The minimum absolute atomic E-state index is 0.0576. The second kappa shape index (κ2) is 5.26. The number of amides is 1. The summed E-state index contributed by atoms with van der Waals surface area (Å²) in [6.45, 7) is 0.122. The first-order valence-corrected chi connectivity index (χ1v) is 7.45. The van der Waals surface area contributed by atoms with E-state index in [1.807, 2.05) is 0 Å². The summed E-state index contributed by atoms with van der Waals surface area (Å²) >= 11 is 1.27. The van der Waals surface area contributed by atoms with Gasteiger partial charge in [0.05, 0.1) is 17.9 Å². The van der Waals surface area contributed by atoms with E-state index in [0.717, 1.165) is 6.26 Å². The van der Waals surface area contributed by atoms with Gasteiger partial charge < -0.3 is 11.1 Å². The van der Waals surface area contributed by atoms with E-state index in [-0.39, 0.29) is 24.6 Å². The first kappa shape index (κ1) is 12.9. The molecular weight excluding hydrogens is 250 g/mol. The summed E-state index contributed by atoms with van der Waals surface area (Å²) in [4.78, 5) is 15.3. The van der Waals surface area contributed by atoms with Crippen molar-refractivity contribution in [3.63, 3.8) is 0 Å². The lowest BCUT2D eigenvalue weighted by molar-refractivity contribution is -0.120. The van der Waals surface area contributed by atoms with Gasteiger partial charge in [-0.15, -0.1) is 11.3 Å². The maximum absolute atomic E-state index is 11.3. The summed E-state index contributed by atoms with van der Waals surface area (Å²) in [5.74, 6) is -0.313. The number of sulfone groups is 1. The zero-order valence-electron chi connectivity index (χ0n) is 8.76. The Morgan fingerprint density at radius 3 is 2.81 bits per heavy atom. The molecule has 8 heteroatoms. The maximum Gasteiger partial charge on any atom is 0.226 e. The molecule has 1 amide bonds. The summed E-state index contributed by atoms with van der Waals surface area (Å²) in [6, 6.07) is 0. The third kappa shape index (κ3) is 5.08. The maximum atomic E-state index is 11.3. The minimum Gasteiger partial charge on any atom is -0.375 e. The van der Waals surface area contributed by atoms with Crippen LogP contribution < -0.4 is 11.1 Å². The number of hydrogen-bond donors (Lipinski definition) is 2. The van der Waals surface area contributed by atoms with Gasteiger partial charge in [-0.1, -0.05) is 0 Å². The monoisotopic (exact) mass is 263 g/mol. The summed E-state index contributed by atoms with van der Waals surface area (Å²) < 4.78 is 21.6. The molecule has 0 atom stereocenters. The van der Waals surface area contributed by atoms with Gasteiger partial charge in [0.1, 0.15) is 9.84 Å². The van der Waals surface area contributed by atoms with Gasteiger partial charge in [0.2, 0.25) is 5.91 Å². The molecule has 1 aromatic rings. The number of nitrogens with two attached hydrogens (primary N) is 1. The van der Waals surface area contributed by atoms with E-state index in [4.69, 9.17) is 5.73 Å². The molecule has 1 rings (SSSR count). The number of carbonyl (C=O) groups is 1. The topological polar surface area (TPSA) is 102 Å². The number of anilines is 1. The summed E-state index contributed by atoms with van der Waals surface area (Å²) in [5, 5.41) is 4.62. The molecule has 90 valence electrons. The van der Waals surface area contributed by atoms with Gasteiger partial charge in [-0.2, -0.15) is 0 Å². The van der Waals surface area contributed by atoms with Crippen molar-refractivity contribution in [1.29, 1.82) is 0 Å². The van der Waals surface area contributed by atoms with Crippen LogP contribution in [0, 0.1) is 0 Å². The molecule has 0 saturated carbocycles. The number of nitrogen functional groups attached to an aromatic ring is 1. The summed E-state index contributed by atoms with van der Waals surface area (Å²) in [7, 11) is -3.04. The normalized spacial score (nSPS) is 11.3. The molecule has 1 heterocycles. The van der Waals surface area contributed by atoms with Crippen LogP contribution in [0.15, 0.2) is 5.38 Å². The fourth-order valence-corrected chi connectivity index (χ4v) is 2.04. The van der Waals surface area contributed by atoms with Crippen LogP contribution in [0.2, 0.25) is 0 Å². The molecule has 0 unspecified atom stereocenters. The van der Waals surface area contributed by atoms with Crippen molar-refractivity contribution < 1.29 is 13.2 Å². The lowest BCUT2D eigenvalue weighted by atomic mass is 10.3. The molecule has 0 aromatic carbocycles. The Bertz CT molecular complexity index is 467. The van der Waals surface area contributed by atoms with Crippen LogP contribution in [0.3, 0.4) is 0 Å². The largest absolute Gasteiger partial charge is 0.375 e. The number of hydrogen-bond acceptors (Lipinski definition) is 6. The molecular formula is C8H13N3O3S2. The van der Waals surface area contributed by atoms with Crippen LogP contribution >= 0.6 is 11.3 Å². The zero-order chi connectivity index (χ0) is 12.2. The molecule has 0 aliphatic heterocycles. The van der Waals surface area contributed by atoms with Crippen molar-refractivity contribution in [3.8, 4) is 0 Å². The van der Waals surface area contributed by atoms with Crippen molar-refractivity contribution in [2.45, 2.75) is 6.42 Å². The zero-order valence-corrected chi connectivity index (χ0v) is 10.4. The lowest BCUT2D eigenvalue weighted by Gasteiger charge is -2.02. The van der Waals surface area contributed by atoms with Gasteiger partial charge in [0, 0.05) is 18.2 Å². The molecule has 0 fully saturated rings. The number of nitrogens with zero attached hydrogens (tertiary/aromatic N) is 1. The molecule has 6 nitrogen and oxygen atoms in total. The van der Waals surface area contributed by atoms with Crippen LogP contribution in [0.5, 0.6) is 0 Å². The highest BCUT2D eigenvalue weighted by molar-refractivity contribution is 7.90. The molecule has 0 spiro atoms. The number of aromatic nitrogens is 1. The van der Waals surface area contributed by atoms with Crippen molar-refractivity contribution >= 4 is 32.2 Å². The van der Waals surface area contributed by atoms with E-state index >= 15 is 0 Å². The molecule has 16 heavy (non-hydrogen) atoms. The Labute approximate surface area is 97.8 Å². The van der Waals surface area contributed by atoms with Crippen molar-refractivity contribution in [1.82, 2.24) is 10.3 Å². The Kier molecular flexibility index (Phi) is 4.25. The highest BCUT2D eigenvalue weighted by atomic mass is 32.2. The van der Waals surface area contributed by atoms with E-state index in [2.05, 4.69) is 10.3 Å². The molecule has 3 N–H and O–H groups in total. The molecule has 0 aliphatic carbocycles. The standard InChI is InChI=1S/C8H13N3O3S2/c1-16(13,14)3-2-10-7(12)4-6-5-15-8(9)11-6/h5H,2-4H2,1H3,(H2,9,11)(H,10,12). The van der Waals surface area contributed by atoms with E-state index < -0.39 is 9.84 Å². The minimum atomic E-state index is -3.04. The number of rotatable bonds is 5. The van der Waals surface area contributed by atoms with Crippen LogP contribution in [-0.2, 0) is 21.1 Å². The van der Waals surface area contributed by atoms with E-state index in [1.54, 1.807) is 5.38 Å². The van der Waals surface area contributed by atoms with Crippen molar-refractivity contribution in [2.24, 2.45) is 0 Å². The van der Waals surface area contributed by atoms with E-state index in [0.29, 0.717) is 10.8 Å². The molecule has 0 bridgehead atoms. The van der Waals surface area contributed by atoms with E-state index in [1.165, 1.54) is 11.3 Å². The predicted molar refractivity (Wildman–Crippen MR) is 63.0 cm³/mol. The Morgan fingerprint density at radius 1 is 1.62 bits per heavy atom. The molecule has 0 radical (unpaired) electrons. The number of nitrogens with one attached hydrogen (secondary N) is 1. The van der Waals surface area contributed by atoms with Gasteiger partial charge in [-0.05, 0) is 0 Å². The van der Waals surface area contributed by atoms with Gasteiger partial charge in [0.15, 0.2) is 5.13 Å². The third-order valence-corrected chi connectivity index (χ3v) is 3.37. The average molecular weight is 263 g/mol. The van der Waals surface area contributed by atoms with Crippen LogP contribution in [0.4, 0.5) is 5.13 Å². The smallest absolute Gasteiger partial charge is 0.226 e. The van der Waals surface area contributed by atoms with Crippen LogP contribution in [0.1, 0.15) is 5.69 Å². The fraction of sp³-hybridized carbons (Fsp3) is 0.500. The SMILES string of the molecule is CS(=O)(=O)CCNC(=O)Cc1csc(N)n1. The highest BCUT2D eigenvalue weighted by Gasteiger charge is 2.07. The fourth-order valence-electron chi connectivity index (χ4n) is 1.01.